The average Bonchev–Trinajstić information content (AvgIpc) is 2.87. The van der Waals surface area contributed by atoms with Crippen molar-refractivity contribution in [1.82, 2.24) is 4.90 Å². The number of rotatable bonds is 6. The van der Waals surface area contributed by atoms with E-state index in [4.69, 9.17) is 4.74 Å². The molecule has 0 aromatic heterocycles. The van der Waals surface area contributed by atoms with Crippen LogP contribution in [0.25, 0.3) is 0 Å². The summed E-state index contributed by atoms with van der Waals surface area (Å²) in [5.74, 6) is 0.811. The molecule has 0 radical (unpaired) electrons. The van der Waals surface area contributed by atoms with Crippen LogP contribution in [0, 0.1) is 17.3 Å². The summed E-state index contributed by atoms with van der Waals surface area (Å²) in [6.45, 7) is 6.18. The van der Waals surface area contributed by atoms with Gasteiger partial charge in [-0.05, 0) is 37.6 Å². The van der Waals surface area contributed by atoms with Crippen molar-refractivity contribution >= 4 is 0 Å². The minimum Gasteiger partial charge on any atom is -0.384 e. The second-order valence-electron chi connectivity index (χ2n) is 5.85. The third-order valence-electron chi connectivity index (χ3n) is 4.32. The minimum atomic E-state index is -0.165. The van der Waals surface area contributed by atoms with E-state index in [0.29, 0.717) is 11.3 Å². The fraction of sp³-hybridized carbons (Fsp3) is 1.00. The summed E-state index contributed by atoms with van der Waals surface area (Å²) >= 11 is 0. The summed E-state index contributed by atoms with van der Waals surface area (Å²) < 4.78 is 17.9. The Morgan fingerprint density at radius 1 is 1.50 bits per heavy atom. The Balaban J connectivity index is 1.76. The Morgan fingerprint density at radius 3 is 2.81 bits per heavy atom. The summed E-state index contributed by atoms with van der Waals surface area (Å²) in [7, 11) is 1.79. The van der Waals surface area contributed by atoms with Crippen molar-refractivity contribution in [3.8, 4) is 0 Å². The molecule has 0 amide bonds. The number of methoxy groups -OCH3 is 1. The monoisotopic (exact) mass is 229 g/mol. The van der Waals surface area contributed by atoms with Gasteiger partial charge in [0.1, 0.15) is 0 Å². The summed E-state index contributed by atoms with van der Waals surface area (Å²) in [6, 6.07) is 0. The van der Waals surface area contributed by atoms with Crippen molar-refractivity contribution in [1.29, 1.82) is 0 Å². The van der Waals surface area contributed by atoms with Gasteiger partial charge in [0.15, 0.2) is 0 Å². The lowest BCUT2D eigenvalue weighted by Gasteiger charge is -2.23. The van der Waals surface area contributed by atoms with Gasteiger partial charge >= 0.3 is 0 Å². The van der Waals surface area contributed by atoms with E-state index in [1.165, 1.54) is 19.3 Å². The zero-order chi connectivity index (χ0) is 11.6. The molecule has 16 heavy (non-hydrogen) atoms. The van der Waals surface area contributed by atoms with Gasteiger partial charge in [0.25, 0.3) is 0 Å². The maximum absolute atomic E-state index is 12.6. The molecule has 1 saturated carbocycles. The van der Waals surface area contributed by atoms with E-state index < -0.39 is 0 Å². The first-order chi connectivity index (χ1) is 7.69. The number of alkyl halides is 1. The smallest absolute Gasteiger partial charge is 0.0923 e. The SMILES string of the molecule is COCC1(CN2CCC(C(C)CF)C2)CC1. The van der Waals surface area contributed by atoms with Crippen molar-refractivity contribution in [3.63, 3.8) is 0 Å². The van der Waals surface area contributed by atoms with E-state index >= 15 is 0 Å². The zero-order valence-corrected chi connectivity index (χ0v) is 10.5. The second kappa shape index (κ2) is 5.01. The van der Waals surface area contributed by atoms with Crippen LogP contribution in [0.4, 0.5) is 4.39 Å². The van der Waals surface area contributed by atoms with Gasteiger partial charge in [-0.15, -0.1) is 0 Å². The van der Waals surface area contributed by atoms with Crippen LogP contribution in [0.3, 0.4) is 0 Å². The Kier molecular flexibility index (Phi) is 3.85. The van der Waals surface area contributed by atoms with Crippen LogP contribution in [-0.4, -0.2) is 44.9 Å². The molecule has 2 nitrogen and oxygen atoms in total. The molecule has 0 spiro atoms. The number of nitrogens with zero attached hydrogens (tertiary/aromatic N) is 1. The predicted molar refractivity (Wildman–Crippen MR) is 63.2 cm³/mol. The van der Waals surface area contributed by atoms with Crippen LogP contribution in [0.5, 0.6) is 0 Å². The van der Waals surface area contributed by atoms with Crippen LogP contribution in [-0.2, 0) is 4.74 Å². The highest BCUT2D eigenvalue weighted by Gasteiger charge is 2.45. The highest BCUT2D eigenvalue weighted by atomic mass is 19.1. The molecule has 1 saturated heterocycles. The van der Waals surface area contributed by atoms with E-state index in [1.807, 2.05) is 6.92 Å². The van der Waals surface area contributed by atoms with Crippen LogP contribution in [0.15, 0.2) is 0 Å². The van der Waals surface area contributed by atoms with Crippen molar-refractivity contribution in [3.05, 3.63) is 0 Å². The first-order valence-corrected chi connectivity index (χ1v) is 6.46. The Morgan fingerprint density at radius 2 is 2.25 bits per heavy atom. The van der Waals surface area contributed by atoms with Gasteiger partial charge in [0, 0.05) is 25.6 Å². The summed E-state index contributed by atoms with van der Waals surface area (Å²) in [4.78, 5) is 2.52. The fourth-order valence-electron chi connectivity index (χ4n) is 2.90. The maximum Gasteiger partial charge on any atom is 0.0923 e. The number of ether oxygens (including phenoxy) is 1. The highest BCUT2D eigenvalue weighted by Crippen LogP contribution is 2.47. The zero-order valence-electron chi connectivity index (χ0n) is 10.5. The summed E-state index contributed by atoms with van der Waals surface area (Å²) in [5, 5.41) is 0. The molecule has 2 atom stereocenters. The van der Waals surface area contributed by atoms with Gasteiger partial charge in [-0.1, -0.05) is 6.92 Å². The number of likely N-dealkylation sites (tertiary alicyclic amines) is 1. The van der Waals surface area contributed by atoms with E-state index in [-0.39, 0.29) is 12.6 Å². The standard InChI is InChI=1S/C13H24FNO/c1-11(7-14)12-3-6-15(8-12)9-13(4-5-13)10-16-2/h11-12H,3-10H2,1-2H3. The molecule has 3 heteroatoms. The van der Waals surface area contributed by atoms with Crippen LogP contribution in [0.1, 0.15) is 26.2 Å². The van der Waals surface area contributed by atoms with Gasteiger partial charge in [-0.25, -0.2) is 0 Å². The minimum absolute atomic E-state index is 0.165. The van der Waals surface area contributed by atoms with E-state index in [1.54, 1.807) is 7.11 Å². The first-order valence-electron chi connectivity index (χ1n) is 6.46. The van der Waals surface area contributed by atoms with Crippen LogP contribution < -0.4 is 0 Å². The molecule has 0 aromatic rings. The van der Waals surface area contributed by atoms with Crippen LogP contribution in [0.2, 0.25) is 0 Å². The van der Waals surface area contributed by atoms with Gasteiger partial charge in [-0.2, -0.15) is 0 Å². The molecule has 2 fully saturated rings. The molecule has 0 N–H and O–H groups in total. The Hall–Kier alpha value is -0.150. The molecule has 0 bridgehead atoms. The molecule has 2 aliphatic rings. The lowest BCUT2D eigenvalue weighted by atomic mass is 9.95. The Bertz CT molecular complexity index is 230. The van der Waals surface area contributed by atoms with Gasteiger partial charge in [-0.3, -0.25) is 4.39 Å². The van der Waals surface area contributed by atoms with E-state index in [2.05, 4.69) is 4.90 Å². The lowest BCUT2D eigenvalue weighted by molar-refractivity contribution is 0.113. The number of halogens is 1. The molecular formula is C13H24FNO. The third-order valence-corrected chi connectivity index (χ3v) is 4.32. The van der Waals surface area contributed by atoms with E-state index in [0.717, 1.165) is 26.2 Å². The Labute approximate surface area is 98.1 Å². The molecule has 2 rings (SSSR count). The quantitative estimate of drug-likeness (QED) is 0.693. The largest absolute Gasteiger partial charge is 0.384 e. The van der Waals surface area contributed by atoms with Crippen molar-refractivity contribution in [2.45, 2.75) is 26.2 Å². The topological polar surface area (TPSA) is 12.5 Å². The van der Waals surface area contributed by atoms with Gasteiger partial charge in [0.05, 0.1) is 13.3 Å². The average molecular weight is 229 g/mol. The predicted octanol–water partition coefficient (Wildman–Crippen LogP) is 2.34. The summed E-state index contributed by atoms with van der Waals surface area (Å²) in [6.07, 6.45) is 3.79. The van der Waals surface area contributed by atoms with Crippen molar-refractivity contribution in [2.75, 3.05) is 40.0 Å². The van der Waals surface area contributed by atoms with Crippen molar-refractivity contribution < 1.29 is 9.13 Å². The summed E-state index contributed by atoms with van der Waals surface area (Å²) in [5.41, 5.74) is 0.447. The molecule has 2 unspecified atom stereocenters. The molecule has 0 aromatic carbocycles. The normalized spacial score (nSPS) is 30.6. The van der Waals surface area contributed by atoms with Gasteiger partial charge < -0.3 is 9.64 Å². The van der Waals surface area contributed by atoms with E-state index in [9.17, 15) is 4.39 Å². The molecule has 1 heterocycles. The second-order valence-corrected chi connectivity index (χ2v) is 5.85. The highest BCUT2D eigenvalue weighted by molar-refractivity contribution is 4.97. The lowest BCUT2D eigenvalue weighted by Crippen LogP contribution is -2.31. The van der Waals surface area contributed by atoms with Crippen LogP contribution >= 0.6 is 0 Å². The molecule has 94 valence electrons. The molecular weight excluding hydrogens is 205 g/mol. The molecule has 1 aliphatic carbocycles. The third kappa shape index (κ3) is 2.75. The number of hydrogen-bond acceptors (Lipinski definition) is 2. The molecule has 1 aliphatic heterocycles. The number of hydrogen-bond donors (Lipinski definition) is 0. The first kappa shape index (κ1) is 12.3. The fourth-order valence-corrected chi connectivity index (χ4v) is 2.90. The van der Waals surface area contributed by atoms with Crippen molar-refractivity contribution in [2.24, 2.45) is 17.3 Å². The maximum atomic E-state index is 12.6. The van der Waals surface area contributed by atoms with Gasteiger partial charge in [0.2, 0.25) is 0 Å².